The molecule has 2 aromatic carbocycles. The number of carbonyl (C=O) groups is 4. The number of methoxy groups -OCH3 is 1. The first-order valence-corrected chi connectivity index (χ1v) is 29.6. The van der Waals surface area contributed by atoms with Gasteiger partial charge in [-0.2, -0.15) is 45.3 Å². The largest absolute Gasteiger partial charge is 0.471 e. The molecule has 1 aliphatic rings. The van der Waals surface area contributed by atoms with Gasteiger partial charge >= 0.3 is 20.2 Å². The van der Waals surface area contributed by atoms with E-state index in [0.29, 0.717) is 27.7 Å². The number of fused-ring (bicyclic) bond motifs is 2. The molecule has 3 amide bonds. The number of hydrogen-bond donors (Lipinski definition) is 4. The Balaban J connectivity index is 0.00000143. The van der Waals surface area contributed by atoms with Gasteiger partial charge in [0.25, 0.3) is 5.92 Å². The van der Waals surface area contributed by atoms with Crippen molar-refractivity contribution in [1.82, 2.24) is 34.8 Å². The van der Waals surface area contributed by atoms with E-state index in [1.807, 2.05) is 0 Å². The van der Waals surface area contributed by atoms with E-state index in [2.05, 4.69) is 41.6 Å². The van der Waals surface area contributed by atoms with Crippen LogP contribution in [0, 0.1) is 28.9 Å². The Morgan fingerprint density at radius 3 is 2.11 bits per heavy atom. The molecule has 3 unspecified atom stereocenters. The van der Waals surface area contributed by atoms with Crippen molar-refractivity contribution < 1.29 is 100 Å². The fourth-order valence-corrected chi connectivity index (χ4v) is 10.3. The summed E-state index contributed by atoms with van der Waals surface area (Å²) in [5, 5.41) is 16.3. The Morgan fingerprint density at radius 1 is 0.976 bits per heavy atom. The molecule has 3 heterocycles. The third-order valence-corrected chi connectivity index (χ3v) is 15.5. The minimum absolute atomic E-state index is 0.151. The molecule has 0 radical (unpaired) electrons. The number of pyridine rings is 1. The molecule has 468 valence electrons. The molecule has 4 N–H and O–H groups in total. The predicted octanol–water partition coefficient (Wildman–Crippen LogP) is 8.02. The maximum Gasteiger partial charge on any atom is 0.471 e. The predicted molar refractivity (Wildman–Crippen MR) is 291 cm³/mol. The number of aldehydes is 1. The fraction of sp³-hybridized carbons (Fsp3) is 0.471. The number of benzene rings is 2. The summed E-state index contributed by atoms with van der Waals surface area (Å²) in [6.07, 6.45) is -9.28. The molecule has 3 aromatic heterocycles. The highest BCUT2D eigenvalue weighted by atomic mass is 35.5. The number of phosphoric acid groups is 1. The molecular weight excluding hydrogens is 1240 g/mol. The minimum atomic E-state index is -5.23. The number of aliphatic hydroxyl groups is 1. The van der Waals surface area contributed by atoms with E-state index in [4.69, 9.17) is 26.5 Å². The minimum Gasteiger partial charge on any atom is -0.400 e. The summed E-state index contributed by atoms with van der Waals surface area (Å²) in [5.74, 6) is -4.79. The summed E-state index contributed by atoms with van der Waals surface area (Å²) in [7, 11) is -6.00. The zero-order chi connectivity index (χ0) is 64.5. The number of carbonyl (C=O) groups excluding carboxylic acids is 4. The summed E-state index contributed by atoms with van der Waals surface area (Å²) in [5.41, 5.74) is -6.41. The van der Waals surface area contributed by atoms with Crippen LogP contribution in [-0.2, 0) is 86.4 Å². The quantitative estimate of drug-likeness (QED) is 0.0178. The normalized spacial score (nSPS) is 15.2. The van der Waals surface area contributed by atoms with Crippen molar-refractivity contribution in [2.24, 2.45) is 5.41 Å². The van der Waals surface area contributed by atoms with E-state index in [1.54, 1.807) is 0 Å². The molecule has 34 heteroatoms. The number of nitrogens with one attached hydrogen (secondary N) is 1. The van der Waals surface area contributed by atoms with Crippen molar-refractivity contribution in [2.75, 3.05) is 50.9 Å². The number of halogens is 11. The second-order valence-electron chi connectivity index (χ2n) is 20.1. The highest BCUT2D eigenvalue weighted by Gasteiger charge is 2.53. The molecule has 5 aromatic rings. The van der Waals surface area contributed by atoms with Gasteiger partial charge in [-0.1, -0.05) is 44.4 Å². The van der Waals surface area contributed by atoms with E-state index in [1.165, 1.54) is 65.3 Å². The lowest BCUT2D eigenvalue weighted by Crippen LogP contribution is -2.40. The molecule has 20 nitrogen and oxygen atoms in total. The zero-order valence-corrected chi connectivity index (χ0v) is 49.9. The number of aromatic nitrogens is 5. The number of rotatable bonds is 21. The van der Waals surface area contributed by atoms with E-state index in [-0.39, 0.29) is 63.1 Å². The SMILES string of the molecule is CO.COCOP(=O)(O)O.C[C@H]1CC(F)(F)c2c1c(C(F)(F)F)nn2CC(=O)NC(Cc1cc(F)cc(F)c1)c1nc(C#CC(C)(C)S(C)=O)ccc1-c1ccc(Cl)c2c(N(C(=O)CC(C)(C)CN(C=O)CC=O)S(C)=O)nn(CC(F)(F)F)c12. The van der Waals surface area contributed by atoms with Crippen molar-refractivity contribution in [3.63, 3.8) is 0 Å². The van der Waals surface area contributed by atoms with Gasteiger partial charge in [0.1, 0.15) is 58.1 Å². The Kier molecular flexibility index (Phi) is 24.0. The second kappa shape index (κ2) is 28.6. The van der Waals surface area contributed by atoms with Crippen LogP contribution in [0.5, 0.6) is 0 Å². The Hall–Kier alpha value is -6.17. The number of anilines is 1. The lowest BCUT2D eigenvalue weighted by Gasteiger charge is -2.30. The van der Waals surface area contributed by atoms with Gasteiger partial charge in [-0.25, -0.2) is 26.8 Å². The zero-order valence-electron chi connectivity index (χ0n) is 46.6. The molecule has 0 fully saturated rings. The van der Waals surface area contributed by atoms with Crippen LogP contribution in [0.3, 0.4) is 0 Å². The Labute approximate surface area is 489 Å². The molecule has 6 rings (SSSR count). The number of amides is 3. The highest BCUT2D eigenvalue weighted by Crippen LogP contribution is 2.52. The fourth-order valence-electron chi connectivity index (χ4n) is 8.85. The number of aliphatic hydroxyl groups excluding tert-OH is 1. The van der Waals surface area contributed by atoms with Crippen molar-refractivity contribution in [2.45, 2.75) is 102 Å². The van der Waals surface area contributed by atoms with Gasteiger partial charge in [0, 0.05) is 79.7 Å². The average molecular weight is 1300 g/mol. The molecule has 1 aliphatic carbocycles. The molecule has 0 saturated carbocycles. The number of ether oxygens (including phenoxy) is 1. The van der Waals surface area contributed by atoms with E-state index >= 15 is 8.78 Å². The first-order chi connectivity index (χ1) is 39.2. The third-order valence-electron chi connectivity index (χ3n) is 12.3. The monoisotopic (exact) mass is 1290 g/mol. The molecule has 4 atom stereocenters. The summed E-state index contributed by atoms with van der Waals surface area (Å²) in [6, 6.07) is 5.42. The Morgan fingerprint density at radius 2 is 1.59 bits per heavy atom. The van der Waals surface area contributed by atoms with Crippen LogP contribution in [0.15, 0.2) is 42.5 Å². The summed E-state index contributed by atoms with van der Waals surface area (Å²) >= 11 is 6.77. The first kappa shape index (κ1) is 71.3. The second-order valence-corrected chi connectivity index (χ2v) is 24.9. The van der Waals surface area contributed by atoms with Crippen LogP contribution in [0.2, 0.25) is 5.02 Å². The van der Waals surface area contributed by atoms with Gasteiger partial charge < -0.3 is 34.6 Å². The van der Waals surface area contributed by atoms with Crippen molar-refractivity contribution in [1.29, 1.82) is 0 Å². The number of hydrogen-bond acceptors (Lipinski definition) is 13. The van der Waals surface area contributed by atoms with Gasteiger partial charge in [-0.15, -0.1) is 0 Å². The van der Waals surface area contributed by atoms with Crippen molar-refractivity contribution in [3.8, 4) is 23.0 Å². The van der Waals surface area contributed by atoms with Crippen LogP contribution < -0.4 is 9.62 Å². The standard InChI is InChI=1S/C48H47ClF10N8O6S2.C2H7O5P.CH4O/c1-26-20-46(52,53)42-37(26)41(48(57,58)59)62-65(42)22-35(70)61-34(18-27-16-28(50)19-29(51)17-27)39-31(9-8-30(60-39)12-13-45(4,5)74(6)72)32-10-11-33(49)38-40(32)66(24-47(54,55)56)63-43(38)67(75(7)73)36(71)21-44(2,3)23-64(25-69)14-15-68;1-6-2-7-8(3,4)5;1-2/h8-11,15-17,19,25-26,34H,14,18,20-24H2,1-7H3,(H,61,70);2H2,1H3,(H2,3,4,5);2H,1H3/t26-,34?,74?,75?;;/m0../s1. The van der Waals surface area contributed by atoms with Gasteiger partial charge in [0.2, 0.25) is 18.2 Å². The van der Waals surface area contributed by atoms with E-state index in [0.717, 1.165) is 37.3 Å². The molecule has 0 saturated heterocycles. The molecule has 0 aliphatic heterocycles. The van der Waals surface area contributed by atoms with Crippen LogP contribution >= 0.6 is 19.4 Å². The van der Waals surface area contributed by atoms with Gasteiger partial charge in [0.15, 0.2) is 18.3 Å². The highest BCUT2D eigenvalue weighted by molar-refractivity contribution is 7.86. The molecule has 85 heavy (non-hydrogen) atoms. The van der Waals surface area contributed by atoms with Gasteiger partial charge in [-0.05, 0) is 73.4 Å². The maximum atomic E-state index is 15.4. The summed E-state index contributed by atoms with van der Waals surface area (Å²) < 4.78 is 191. The topological polar surface area (TPSA) is 266 Å². The third kappa shape index (κ3) is 18.9. The van der Waals surface area contributed by atoms with Gasteiger partial charge in [0.05, 0.1) is 34.2 Å². The number of alkyl halides is 8. The maximum absolute atomic E-state index is 15.4. The van der Waals surface area contributed by atoms with E-state index < -0.39 is 154 Å². The lowest BCUT2D eigenvalue weighted by atomic mass is 9.88. The van der Waals surface area contributed by atoms with E-state index in [9.17, 15) is 67.3 Å². The summed E-state index contributed by atoms with van der Waals surface area (Å²) in [4.78, 5) is 72.9. The lowest BCUT2D eigenvalue weighted by molar-refractivity contribution is -0.143. The van der Waals surface area contributed by atoms with Crippen molar-refractivity contribution >= 4 is 82.4 Å². The van der Waals surface area contributed by atoms with Crippen LogP contribution in [0.25, 0.3) is 22.0 Å². The van der Waals surface area contributed by atoms with Crippen LogP contribution in [0.1, 0.15) is 93.3 Å². The molecule has 0 bridgehead atoms. The average Bonchev–Trinajstić information content (AvgIpc) is 1.65. The molecule has 0 spiro atoms. The molecular formula is C51H58ClF10N8O12PS2. The Bertz CT molecular complexity index is 3420. The van der Waals surface area contributed by atoms with Gasteiger partial charge in [-0.3, -0.25) is 32.5 Å². The van der Waals surface area contributed by atoms with Crippen LogP contribution in [0.4, 0.5) is 49.7 Å². The van der Waals surface area contributed by atoms with Crippen molar-refractivity contribution in [3.05, 3.63) is 93.0 Å². The number of nitrogens with zero attached hydrogens (tertiary/aromatic N) is 7. The summed E-state index contributed by atoms with van der Waals surface area (Å²) in [6.45, 7) is 3.20. The smallest absolute Gasteiger partial charge is 0.400 e. The first-order valence-electron chi connectivity index (χ1n) is 24.6. The number of phosphoric ester groups is 1. The van der Waals surface area contributed by atoms with Crippen LogP contribution in [-0.4, -0.2) is 135 Å².